The van der Waals surface area contributed by atoms with Gasteiger partial charge >= 0.3 is 0 Å². The predicted molar refractivity (Wildman–Crippen MR) is 92.9 cm³/mol. The third-order valence-corrected chi connectivity index (χ3v) is 4.61. The number of piperidine rings is 1. The Balaban J connectivity index is 1.73. The van der Waals surface area contributed by atoms with E-state index in [4.69, 9.17) is 0 Å². The molecule has 0 spiro atoms. The zero-order chi connectivity index (χ0) is 17.8. The van der Waals surface area contributed by atoms with Crippen LogP contribution in [0.25, 0.3) is 0 Å². The largest absolute Gasteiger partial charge is 0.338 e. The summed E-state index contributed by atoms with van der Waals surface area (Å²) in [5.74, 6) is 0.354. The molecule has 134 valence electrons. The van der Waals surface area contributed by atoms with E-state index in [9.17, 15) is 9.18 Å². The summed E-state index contributed by atoms with van der Waals surface area (Å²) in [4.78, 5) is 24.8. The molecule has 0 radical (unpaired) electrons. The molecule has 1 aliphatic rings. The predicted octanol–water partition coefficient (Wildman–Crippen LogP) is 2.00. The molecule has 3 heterocycles. The molecular formula is C18H24FN5O. The van der Waals surface area contributed by atoms with Gasteiger partial charge in [0.2, 0.25) is 0 Å². The van der Waals surface area contributed by atoms with Crippen molar-refractivity contribution in [3.63, 3.8) is 0 Å². The highest BCUT2D eigenvalue weighted by Gasteiger charge is 2.29. The lowest BCUT2D eigenvalue weighted by atomic mass is 9.96. The summed E-state index contributed by atoms with van der Waals surface area (Å²) in [7, 11) is 4.09. The molecule has 1 unspecified atom stereocenters. The Morgan fingerprint density at radius 3 is 3.00 bits per heavy atom. The number of aromatic nitrogens is 3. The van der Waals surface area contributed by atoms with Crippen molar-refractivity contribution in [3.05, 3.63) is 48.1 Å². The van der Waals surface area contributed by atoms with Gasteiger partial charge in [-0.05, 0) is 33.0 Å². The van der Waals surface area contributed by atoms with Crippen molar-refractivity contribution in [1.82, 2.24) is 24.3 Å². The number of likely N-dealkylation sites (N-methyl/N-ethyl adjacent to an activating group) is 1. The Labute approximate surface area is 147 Å². The maximum Gasteiger partial charge on any atom is 0.256 e. The minimum absolute atomic E-state index is 0.0894. The van der Waals surface area contributed by atoms with E-state index in [2.05, 4.69) is 19.4 Å². The maximum atomic E-state index is 13.9. The molecular weight excluding hydrogens is 321 g/mol. The van der Waals surface area contributed by atoms with Crippen LogP contribution in [0.1, 0.15) is 34.9 Å². The fourth-order valence-corrected chi connectivity index (χ4v) is 3.27. The van der Waals surface area contributed by atoms with Crippen molar-refractivity contribution in [3.8, 4) is 0 Å². The Hall–Kier alpha value is -2.28. The van der Waals surface area contributed by atoms with E-state index < -0.39 is 5.82 Å². The van der Waals surface area contributed by atoms with Gasteiger partial charge in [-0.1, -0.05) is 0 Å². The van der Waals surface area contributed by atoms with Crippen molar-refractivity contribution >= 4 is 5.91 Å². The smallest absolute Gasteiger partial charge is 0.256 e. The lowest BCUT2D eigenvalue weighted by molar-refractivity contribution is 0.0698. The molecule has 1 atom stereocenters. The average Bonchev–Trinajstić information content (AvgIpc) is 3.08. The van der Waals surface area contributed by atoms with Crippen LogP contribution < -0.4 is 0 Å². The topological polar surface area (TPSA) is 54.3 Å². The first-order chi connectivity index (χ1) is 12.1. The van der Waals surface area contributed by atoms with E-state index in [1.165, 1.54) is 12.3 Å². The zero-order valence-corrected chi connectivity index (χ0v) is 14.7. The number of rotatable bonds is 5. The van der Waals surface area contributed by atoms with Crippen LogP contribution in [0.2, 0.25) is 0 Å². The molecule has 1 saturated heterocycles. The fourth-order valence-electron chi connectivity index (χ4n) is 3.27. The van der Waals surface area contributed by atoms with E-state index in [1.54, 1.807) is 4.90 Å². The van der Waals surface area contributed by atoms with Crippen LogP contribution in [-0.4, -0.2) is 64.0 Å². The Bertz CT molecular complexity index is 730. The third kappa shape index (κ3) is 4.04. The van der Waals surface area contributed by atoms with Gasteiger partial charge < -0.3 is 14.4 Å². The number of pyridine rings is 1. The number of nitrogens with zero attached hydrogens (tertiary/aromatic N) is 5. The van der Waals surface area contributed by atoms with Gasteiger partial charge in [-0.25, -0.2) is 9.37 Å². The molecule has 1 aliphatic heterocycles. The first-order valence-corrected chi connectivity index (χ1v) is 8.61. The lowest BCUT2D eigenvalue weighted by Crippen LogP contribution is -2.40. The van der Waals surface area contributed by atoms with Gasteiger partial charge in [-0.15, -0.1) is 0 Å². The number of halogens is 1. The standard InChI is InChI=1S/C18H24FN5O/c1-22(2)10-11-23-9-7-21-17(23)14-4-3-8-24(13-14)18(25)15-5-6-20-12-16(15)19/h5-7,9,12,14H,3-4,8,10-11,13H2,1-2H3. The van der Waals surface area contributed by atoms with Gasteiger partial charge in [-0.3, -0.25) is 9.78 Å². The minimum atomic E-state index is -0.567. The first kappa shape index (κ1) is 17.5. The molecule has 0 saturated carbocycles. The zero-order valence-electron chi connectivity index (χ0n) is 14.7. The summed E-state index contributed by atoms with van der Waals surface area (Å²) in [5.41, 5.74) is 0.0894. The second kappa shape index (κ2) is 7.74. The molecule has 6 nitrogen and oxygen atoms in total. The van der Waals surface area contributed by atoms with Crippen molar-refractivity contribution in [1.29, 1.82) is 0 Å². The maximum absolute atomic E-state index is 13.9. The summed E-state index contributed by atoms with van der Waals surface area (Å²) in [6.45, 7) is 3.02. The van der Waals surface area contributed by atoms with E-state index in [0.717, 1.165) is 38.0 Å². The number of amides is 1. The van der Waals surface area contributed by atoms with Gasteiger partial charge in [0.1, 0.15) is 5.82 Å². The molecule has 0 bridgehead atoms. The minimum Gasteiger partial charge on any atom is -0.338 e. The van der Waals surface area contributed by atoms with E-state index in [0.29, 0.717) is 13.1 Å². The summed E-state index contributed by atoms with van der Waals surface area (Å²) in [6, 6.07) is 1.44. The van der Waals surface area contributed by atoms with Crippen LogP contribution >= 0.6 is 0 Å². The van der Waals surface area contributed by atoms with E-state index >= 15 is 0 Å². The summed E-state index contributed by atoms with van der Waals surface area (Å²) >= 11 is 0. The molecule has 0 aromatic carbocycles. The normalized spacial score (nSPS) is 17.9. The SMILES string of the molecule is CN(C)CCn1ccnc1C1CCCN(C(=O)c2ccncc2F)C1. The van der Waals surface area contributed by atoms with Gasteiger partial charge in [0.15, 0.2) is 5.82 Å². The summed E-state index contributed by atoms with van der Waals surface area (Å²) in [5, 5.41) is 0. The highest BCUT2D eigenvalue weighted by molar-refractivity contribution is 5.94. The molecule has 7 heteroatoms. The average molecular weight is 345 g/mol. The number of carbonyl (C=O) groups is 1. The fraction of sp³-hybridized carbons (Fsp3) is 0.500. The Kier molecular flexibility index (Phi) is 5.43. The molecule has 25 heavy (non-hydrogen) atoms. The van der Waals surface area contributed by atoms with Crippen LogP contribution in [0, 0.1) is 5.82 Å². The third-order valence-electron chi connectivity index (χ3n) is 4.61. The quantitative estimate of drug-likeness (QED) is 0.832. The lowest BCUT2D eigenvalue weighted by Gasteiger charge is -2.33. The molecule has 1 fully saturated rings. The number of imidazole rings is 1. The second-order valence-corrected chi connectivity index (χ2v) is 6.73. The van der Waals surface area contributed by atoms with Gasteiger partial charge in [0, 0.05) is 50.7 Å². The van der Waals surface area contributed by atoms with Crippen molar-refractivity contribution < 1.29 is 9.18 Å². The highest BCUT2D eigenvalue weighted by Crippen LogP contribution is 2.27. The van der Waals surface area contributed by atoms with Gasteiger partial charge in [0.05, 0.1) is 11.8 Å². The number of hydrogen-bond donors (Lipinski definition) is 0. The molecule has 0 aliphatic carbocycles. The van der Waals surface area contributed by atoms with Crippen LogP contribution in [0.4, 0.5) is 4.39 Å². The van der Waals surface area contributed by atoms with Crippen LogP contribution in [-0.2, 0) is 6.54 Å². The van der Waals surface area contributed by atoms with Crippen LogP contribution in [0.15, 0.2) is 30.9 Å². The molecule has 2 aromatic rings. The first-order valence-electron chi connectivity index (χ1n) is 8.61. The second-order valence-electron chi connectivity index (χ2n) is 6.73. The number of carbonyl (C=O) groups excluding carboxylic acids is 1. The molecule has 0 N–H and O–H groups in total. The Morgan fingerprint density at radius 1 is 1.40 bits per heavy atom. The van der Waals surface area contributed by atoms with E-state index in [-0.39, 0.29) is 17.4 Å². The van der Waals surface area contributed by atoms with Crippen molar-refractivity contribution in [2.75, 3.05) is 33.7 Å². The number of likely N-dealkylation sites (tertiary alicyclic amines) is 1. The molecule has 1 amide bonds. The van der Waals surface area contributed by atoms with Gasteiger partial charge in [-0.2, -0.15) is 0 Å². The van der Waals surface area contributed by atoms with E-state index in [1.807, 2.05) is 26.5 Å². The van der Waals surface area contributed by atoms with Crippen LogP contribution in [0.5, 0.6) is 0 Å². The van der Waals surface area contributed by atoms with Crippen molar-refractivity contribution in [2.24, 2.45) is 0 Å². The number of hydrogen-bond acceptors (Lipinski definition) is 4. The highest BCUT2D eigenvalue weighted by atomic mass is 19.1. The van der Waals surface area contributed by atoms with Crippen LogP contribution in [0.3, 0.4) is 0 Å². The summed E-state index contributed by atoms with van der Waals surface area (Å²) in [6.07, 6.45) is 8.22. The molecule has 3 rings (SSSR count). The van der Waals surface area contributed by atoms with Gasteiger partial charge in [0.25, 0.3) is 5.91 Å². The van der Waals surface area contributed by atoms with Crippen molar-refractivity contribution in [2.45, 2.75) is 25.3 Å². The summed E-state index contributed by atoms with van der Waals surface area (Å²) < 4.78 is 16.0. The Morgan fingerprint density at radius 2 is 2.24 bits per heavy atom. The molecule has 2 aromatic heterocycles. The monoisotopic (exact) mass is 345 g/mol.